The minimum absolute atomic E-state index is 0.226. The van der Waals surface area contributed by atoms with Gasteiger partial charge in [0.25, 0.3) is 5.91 Å². The van der Waals surface area contributed by atoms with Gasteiger partial charge in [-0.2, -0.15) is 5.10 Å². The molecule has 0 fully saturated rings. The number of hydrogen-bond donors (Lipinski definition) is 2. The van der Waals surface area contributed by atoms with E-state index in [0.29, 0.717) is 11.5 Å². The van der Waals surface area contributed by atoms with Crippen LogP contribution in [0.5, 0.6) is 0 Å². The van der Waals surface area contributed by atoms with Gasteiger partial charge in [-0.1, -0.05) is 0 Å². The van der Waals surface area contributed by atoms with E-state index in [2.05, 4.69) is 10.4 Å². The largest absolute Gasteiger partial charge is 0.467 e. The molecule has 2 aromatic heterocycles. The maximum atomic E-state index is 12.0. The first kappa shape index (κ1) is 12.4. The Hall–Kier alpha value is -2.08. The van der Waals surface area contributed by atoms with E-state index in [-0.39, 0.29) is 12.5 Å². The van der Waals surface area contributed by atoms with Gasteiger partial charge in [-0.25, -0.2) is 0 Å². The quantitative estimate of drug-likeness (QED) is 0.839. The topological polar surface area (TPSA) is 80.3 Å². The van der Waals surface area contributed by atoms with Gasteiger partial charge >= 0.3 is 0 Å². The highest BCUT2D eigenvalue weighted by molar-refractivity contribution is 5.92. The second-order valence-corrected chi connectivity index (χ2v) is 4.02. The molecule has 2 aromatic rings. The van der Waals surface area contributed by atoms with Crippen molar-refractivity contribution in [1.82, 2.24) is 15.1 Å². The number of hydrogen-bond acceptors (Lipinski definition) is 4. The van der Waals surface area contributed by atoms with Gasteiger partial charge in [0.05, 0.1) is 18.6 Å². The molecule has 0 aliphatic carbocycles. The molecule has 0 aliphatic rings. The summed E-state index contributed by atoms with van der Waals surface area (Å²) in [6, 6.07) is 4.54. The second kappa shape index (κ2) is 5.05. The van der Waals surface area contributed by atoms with Crippen molar-refractivity contribution in [2.24, 2.45) is 7.05 Å². The summed E-state index contributed by atoms with van der Waals surface area (Å²) in [5.74, 6) is 0.221. The van der Waals surface area contributed by atoms with Crippen molar-refractivity contribution in [2.75, 3.05) is 6.61 Å². The predicted molar refractivity (Wildman–Crippen MR) is 63.9 cm³/mol. The lowest BCUT2D eigenvalue weighted by Gasteiger charge is -2.13. The molecule has 2 N–H and O–H groups in total. The summed E-state index contributed by atoms with van der Waals surface area (Å²) in [4.78, 5) is 12.0. The number of aliphatic hydroxyl groups is 1. The first-order chi connectivity index (χ1) is 8.61. The van der Waals surface area contributed by atoms with Gasteiger partial charge < -0.3 is 14.8 Å². The van der Waals surface area contributed by atoms with Crippen LogP contribution in [-0.4, -0.2) is 27.4 Å². The molecule has 0 saturated heterocycles. The fourth-order valence-corrected chi connectivity index (χ4v) is 1.75. The van der Waals surface area contributed by atoms with Gasteiger partial charge in [0.1, 0.15) is 17.5 Å². The molecule has 18 heavy (non-hydrogen) atoms. The minimum atomic E-state index is -0.553. The normalized spacial score (nSPS) is 12.4. The number of aliphatic hydroxyl groups excluding tert-OH is 1. The van der Waals surface area contributed by atoms with E-state index in [1.165, 1.54) is 10.9 Å². The molecule has 96 valence electrons. The fourth-order valence-electron chi connectivity index (χ4n) is 1.75. The van der Waals surface area contributed by atoms with Crippen molar-refractivity contribution < 1.29 is 14.3 Å². The van der Waals surface area contributed by atoms with Crippen LogP contribution in [0.1, 0.15) is 28.0 Å². The van der Waals surface area contributed by atoms with E-state index in [9.17, 15) is 9.90 Å². The molecule has 1 unspecified atom stereocenters. The zero-order valence-electron chi connectivity index (χ0n) is 10.3. The molecule has 2 rings (SSSR count). The monoisotopic (exact) mass is 249 g/mol. The van der Waals surface area contributed by atoms with Crippen molar-refractivity contribution in [3.05, 3.63) is 41.6 Å². The maximum Gasteiger partial charge on any atom is 0.270 e. The smallest absolute Gasteiger partial charge is 0.270 e. The molecule has 6 heteroatoms. The molecule has 6 nitrogen and oxygen atoms in total. The third-order valence-corrected chi connectivity index (χ3v) is 2.61. The molecule has 0 bridgehead atoms. The molecular formula is C12H15N3O3. The van der Waals surface area contributed by atoms with Gasteiger partial charge in [-0.3, -0.25) is 9.48 Å². The van der Waals surface area contributed by atoms with E-state index in [0.717, 1.165) is 5.69 Å². The lowest BCUT2D eigenvalue weighted by Crippen LogP contribution is -2.31. The van der Waals surface area contributed by atoms with Crippen molar-refractivity contribution in [3.8, 4) is 0 Å². The van der Waals surface area contributed by atoms with Gasteiger partial charge in [-0.05, 0) is 25.1 Å². The lowest BCUT2D eigenvalue weighted by molar-refractivity contribution is 0.0897. The Morgan fingerprint density at radius 1 is 1.67 bits per heavy atom. The number of rotatable bonds is 4. The molecule has 1 atom stereocenters. The Kier molecular flexibility index (Phi) is 3.47. The number of aromatic nitrogens is 2. The Balaban J connectivity index is 2.13. The summed E-state index contributed by atoms with van der Waals surface area (Å²) in [6.07, 6.45) is 1.50. The number of carbonyl (C=O) groups is 1. The van der Waals surface area contributed by atoms with E-state index in [1.54, 1.807) is 25.2 Å². The molecule has 0 radical (unpaired) electrons. The third kappa shape index (κ3) is 2.43. The lowest BCUT2D eigenvalue weighted by atomic mass is 10.2. The molecule has 0 aliphatic heterocycles. The highest BCUT2D eigenvalue weighted by Gasteiger charge is 2.19. The van der Waals surface area contributed by atoms with Crippen LogP contribution < -0.4 is 5.32 Å². The molecule has 0 spiro atoms. The number of aryl methyl sites for hydroxylation is 2. The SMILES string of the molecule is Cc1cc(C(=O)NC(CO)c2ccco2)n(C)n1. The van der Waals surface area contributed by atoms with E-state index in [4.69, 9.17) is 4.42 Å². The summed E-state index contributed by atoms with van der Waals surface area (Å²) in [6.45, 7) is 1.59. The van der Waals surface area contributed by atoms with Crippen molar-refractivity contribution >= 4 is 5.91 Å². The first-order valence-corrected chi connectivity index (χ1v) is 5.57. The minimum Gasteiger partial charge on any atom is -0.467 e. The average molecular weight is 249 g/mol. The Labute approximate surface area is 104 Å². The van der Waals surface area contributed by atoms with E-state index in [1.807, 2.05) is 6.92 Å². The summed E-state index contributed by atoms with van der Waals surface area (Å²) >= 11 is 0. The third-order valence-electron chi connectivity index (χ3n) is 2.61. The average Bonchev–Trinajstić information content (AvgIpc) is 2.95. The van der Waals surface area contributed by atoms with Crippen LogP contribution in [0.15, 0.2) is 28.9 Å². The van der Waals surface area contributed by atoms with Crippen LogP contribution in [-0.2, 0) is 7.05 Å². The highest BCUT2D eigenvalue weighted by atomic mass is 16.3. The Bertz CT molecular complexity index is 531. The summed E-state index contributed by atoms with van der Waals surface area (Å²) < 4.78 is 6.66. The van der Waals surface area contributed by atoms with Crippen LogP contribution >= 0.6 is 0 Å². The predicted octanol–water partition coefficient (Wildman–Crippen LogP) is 0.785. The Morgan fingerprint density at radius 2 is 2.44 bits per heavy atom. The molecular weight excluding hydrogens is 234 g/mol. The summed E-state index contributed by atoms with van der Waals surface area (Å²) in [7, 11) is 1.70. The van der Waals surface area contributed by atoms with Crippen molar-refractivity contribution in [2.45, 2.75) is 13.0 Å². The van der Waals surface area contributed by atoms with E-state index < -0.39 is 6.04 Å². The first-order valence-electron chi connectivity index (χ1n) is 5.57. The fraction of sp³-hybridized carbons (Fsp3) is 0.333. The van der Waals surface area contributed by atoms with Crippen molar-refractivity contribution in [1.29, 1.82) is 0 Å². The Morgan fingerprint density at radius 3 is 2.94 bits per heavy atom. The number of furan rings is 1. The van der Waals surface area contributed by atoms with Crippen LogP contribution in [0, 0.1) is 6.92 Å². The van der Waals surface area contributed by atoms with Gasteiger partial charge in [0.2, 0.25) is 0 Å². The maximum absolute atomic E-state index is 12.0. The van der Waals surface area contributed by atoms with Crippen molar-refractivity contribution in [3.63, 3.8) is 0 Å². The van der Waals surface area contributed by atoms with Crippen LogP contribution in [0.3, 0.4) is 0 Å². The number of nitrogens with one attached hydrogen (secondary N) is 1. The van der Waals surface area contributed by atoms with Gasteiger partial charge in [0, 0.05) is 7.05 Å². The van der Waals surface area contributed by atoms with Crippen LogP contribution in [0.25, 0.3) is 0 Å². The zero-order valence-corrected chi connectivity index (χ0v) is 10.3. The van der Waals surface area contributed by atoms with E-state index >= 15 is 0 Å². The highest BCUT2D eigenvalue weighted by Crippen LogP contribution is 2.13. The summed E-state index contributed by atoms with van der Waals surface area (Å²) in [5, 5.41) is 16.1. The molecule has 1 amide bonds. The van der Waals surface area contributed by atoms with Gasteiger partial charge in [-0.15, -0.1) is 0 Å². The molecule has 0 saturated carbocycles. The van der Waals surface area contributed by atoms with Crippen LogP contribution in [0.4, 0.5) is 0 Å². The second-order valence-electron chi connectivity index (χ2n) is 4.02. The number of nitrogens with zero attached hydrogens (tertiary/aromatic N) is 2. The van der Waals surface area contributed by atoms with Crippen LogP contribution in [0.2, 0.25) is 0 Å². The number of amides is 1. The standard InChI is InChI=1S/C12H15N3O3/c1-8-6-10(15(2)14-8)12(17)13-9(7-16)11-4-3-5-18-11/h3-6,9,16H,7H2,1-2H3,(H,13,17). The van der Waals surface area contributed by atoms with Gasteiger partial charge in [0.15, 0.2) is 0 Å². The zero-order chi connectivity index (χ0) is 13.1. The molecule has 2 heterocycles. The number of carbonyl (C=O) groups excluding carboxylic acids is 1. The molecule has 0 aromatic carbocycles. The summed E-state index contributed by atoms with van der Waals surface area (Å²) in [5.41, 5.74) is 1.21.